The summed E-state index contributed by atoms with van der Waals surface area (Å²) in [7, 11) is 0. The first-order valence-corrected chi connectivity index (χ1v) is 20.7. The van der Waals surface area contributed by atoms with E-state index in [1.165, 1.54) is 61.6 Å². The molecule has 6 nitrogen and oxygen atoms in total. The highest BCUT2D eigenvalue weighted by atomic mass is 32.1. The fraction of sp³-hybridized carbons (Fsp3) is 0.0784. The van der Waals surface area contributed by atoms with Crippen LogP contribution < -0.4 is 16.0 Å². The number of nitrogens with one attached hydrogen (secondary N) is 1. The molecule has 7 heteroatoms. The molecule has 9 aromatic rings. The molecule has 1 spiro atoms. The summed E-state index contributed by atoms with van der Waals surface area (Å²) in [5.74, 6) is 1.80. The monoisotopic (exact) mass is 764 g/mol. The zero-order chi connectivity index (χ0) is 38.5. The molecule has 2 aliphatic carbocycles. The minimum atomic E-state index is -0.534. The fourth-order valence-corrected chi connectivity index (χ4v) is 10.9. The van der Waals surface area contributed by atoms with Gasteiger partial charge in [-0.3, -0.25) is 0 Å². The molecular formula is C51H36N6S. The number of nitrogens with zero attached hydrogens (tertiary/aromatic N) is 4. The van der Waals surface area contributed by atoms with Gasteiger partial charge >= 0.3 is 0 Å². The van der Waals surface area contributed by atoms with E-state index < -0.39 is 5.41 Å². The second-order valence-electron chi connectivity index (χ2n) is 15.3. The van der Waals surface area contributed by atoms with E-state index >= 15 is 0 Å². The number of thiophene rings is 1. The van der Waals surface area contributed by atoms with Gasteiger partial charge in [0, 0.05) is 26.9 Å². The standard InChI is InChI=1S/C51H36N6S/c1-2-43-53-40-23-13-14-24-41(40)57(43)32-25-26-38-35(29-32)33-19-9-11-21-36(33)51(38)37-22-12-10-20-34(37)44-39(51)27-28-42-45(44)46(47(52)58-42)50-55-48(30-15-5-3-6-16-30)54-49(56-50)31-17-7-4-8-18-31/h3-29,43,53H,2,52H2,1H3. The van der Waals surface area contributed by atoms with Crippen LogP contribution in [0.15, 0.2) is 164 Å². The van der Waals surface area contributed by atoms with Crippen LogP contribution in [-0.2, 0) is 5.41 Å². The summed E-state index contributed by atoms with van der Waals surface area (Å²) in [4.78, 5) is 17.9. The van der Waals surface area contributed by atoms with Crippen LogP contribution in [0.1, 0.15) is 35.6 Å². The molecular weight excluding hydrogens is 729 g/mol. The van der Waals surface area contributed by atoms with Crippen molar-refractivity contribution in [3.05, 3.63) is 186 Å². The Morgan fingerprint density at radius 3 is 1.90 bits per heavy atom. The molecule has 276 valence electrons. The number of nitrogens with two attached hydrogens (primary N) is 1. The number of fused-ring (bicyclic) bond motifs is 13. The summed E-state index contributed by atoms with van der Waals surface area (Å²) in [6, 6.07) is 58.6. The predicted octanol–water partition coefficient (Wildman–Crippen LogP) is 12.3. The lowest BCUT2D eigenvalue weighted by atomic mass is 9.70. The summed E-state index contributed by atoms with van der Waals surface area (Å²) in [6.07, 6.45) is 1.14. The normalized spacial score (nSPS) is 16.8. The third kappa shape index (κ3) is 4.50. The topological polar surface area (TPSA) is 80.0 Å². The van der Waals surface area contributed by atoms with Crippen LogP contribution in [0.3, 0.4) is 0 Å². The quantitative estimate of drug-likeness (QED) is 0.182. The second kappa shape index (κ2) is 12.5. The molecule has 2 aromatic heterocycles. The summed E-state index contributed by atoms with van der Waals surface area (Å²) < 4.78 is 1.11. The van der Waals surface area contributed by atoms with Crippen LogP contribution in [0.25, 0.3) is 66.5 Å². The van der Waals surface area contributed by atoms with Crippen LogP contribution in [0, 0.1) is 0 Å². The van der Waals surface area contributed by atoms with Crippen molar-refractivity contribution in [2.24, 2.45) is 0 Å². The molecule has 0 saturated heterocycles. The largest absolute Gasteiger partial charge is 0.390 e. The highest BCUT2D eigenvalue weighted by molar-refractivity contribution is 7.23. The van der Waals surface area contributed by atoms with E-state index in [-0.39, 0.29) is 6.17 Å². The van der Waals surface area contributed by atoms with Gasteiger partial charge in [0.15, 0.2) is 17.5 Å². The van der Waals surface area contributed by atoms with Gasteiger partial charge in [0.05, 0.1) is 27.4 Å². The smallest absolute Gasteiger partial charge is 0.167 e. The van der Waals surface area contributed by atoms with Crippen LogP contribution in [0.2, 0.25) is 0 Å². The molecule has 3 heterocycles. The van der Waals surface area contributed by atoms with Crippen molar-refractivity contribution in [3.8, 4) is 56.4 Å². The molecule has 0 fully saturated rings. The Bertz CT molecular complexity index is 3060. The third-order valence-corrected chi connectivity index (χ3v) is 13.3. The Balaban J connectivity index is 1.12. The average Bonchev–Trinajstić information content (AvgIpc) is 4.01. The maximum absolute atomic E-state index is 7.12. The van der Waals surface area contributed by atoms with E-state index in [1.54, 1.807) is 11.3 Å². The molecule has 7 aromatic carbocycles. The van der Waals surface area contributed by atoms with E-state index in [9.17, 15) is 0 Å². The molecule has 2 unspecified atom stereocenters. The van der Waals surface area contributed by atoms with Crippen molar-refractivity contribution in [2.45, 2.75) is 24.9 Å². The van der Waals surface area contributed by atoms with E-state index in [0.29, 0.717) is 22.5 Å². The number of hydrogen-bond acceptors (Lipinski definition) is 7. The van der Waals surface area contributed by atoms with Gasteiger partial charge in [0.2, 0.25) is 0 Å². The summed E-state index contributed by atoms with van der Waals surface area (Å²) in [5, 5.41) is 5.53. The molecule has 0 amide bonds. The molecule has 1 aliphatic heterocycles. The lowest BCUT2D eigenvalue weighted by Crippen LogP contribution is -2.31. The molecule has 12 rings (SSSR count). The van der Waals surface area contributed by atoms with Crippen molar-refractivity contribution in [1.29, 1.82) is 0 Å². The predicted molar refractivity (Wildman–Crippen MR) is 239 cm³/mol. The van der Waals surface area contributed by atoms with Crippen LogP contribution in [0.4, 0.5) is 22.1 Å². The fourth-order valence-electron chi connectivity index (χ4n) is 9.94. The van der Waals surface area contributed by atoms with Crippen molar-refractivity contribution in [1.82, 2.24) is 15.0 Å². The van der Waals surface area contributed by atoms with Gasteiger partial charge in [-0.05, 0) is 81.3 Å². The summed E-state index contributed by atoms with van der Waals surface area (Å²) in [5.41, 5.74) is 22.9. The van der Waals surface area contributed by atoms with Gasteiger partial charge < -0.3 is 16.0 Å². The Morgan fingerprint density at radius 2 is 1.17 bits per heavy atom. The number of hydrogen-bond donors (Lipinski definition) is 2. The third-order valence-electron chi connectivity index (χ3n) is 12.3. The van der Waals surface area contributed by atoms with Crippen molar-refractivity contribution in [2.75, 3.05) is 16.0 Å². The number of para-hydroxylation sites is 2. The van der Waals surface area contributed by atoms with E-state index in [4.69, 9.17) is 20.7 Å². The van der Waals surface area contributed by atoms with Crippen molar-refractivity contribution >= 4 is 43.5 Å². The molecule has 0 bridgehead atoms. The van der Waals surface area contributed by atoms with Gasteiger partial charge in [0.25, 0.3) is 0 Å². The number of nitrogen functional groups attached to an aromatic ring is 1. The van der Waals surface area contributed by atoms with Gasteiger partial charge in [0.1, 0.15) is 6.17 Å². The Morgan fingerprint density at radius 1 is 0.586 bits per heavy atom. The van der Waals surface area contributed by atoms with Crippen LogP contribution in [-0.4, -0.2) is 21.1 Å². The minimum absolute atomic E-state index is 0.171. The number of benzene rings is 7. The lowest BCUT2D eigenvalue weighted by molar-refractivity contribution is 0.728. The Kier molecular flexibility index (Phi) is 7.10. The number of anilines is 4. The van der Waals surface area contributed by atoms with E-state index in [1.807, 2.05) is 60.7 Å². The first-order valence-electron chi connectivity index (χ1n) is 19.9. The average molecular weight is 765 g/mol. The molecule has 3 aliphatic rings. The van der Waals surface area contributed by atoms with E-state index in [0.717, 1.165) is 33.2 Å². The SMILES string of the molecule is CCC1Nc2ccccc2N1c1ccc2c(c1)-c1ccccc1C21c2ccccc2-c2c1ccc1sc(N)c(-c3nc(-c4ccccc4)nc(-c4ccccc4)n3)c21. The molecule has 0 radical (unpaired) electrons. The zero-order valence-electron chi connectivity index (χ0n) is 31.6. The number of aromatic nitrogens is 3. The molecule has 2 atom stereocenters. The van der Waals surface area contributed by atoms with Crippen LogP contribution in [0.5, 0.6) is 0 Å². The van der Waals surface area contributed by atoms with E-state index in [2.05, 4.69) is 120 Å². The van der Waals surface area contributed by atoms with Crippen LogP contribution >= 0.6 is 11.3 Å². The van der Waals surface area contributed by atoms with Crippen molar-refractivity contribution in [3.63, 3.8) is 0 Å². The highest BCUT2D eigenvalue weighted by Gasteiger charge is 2.52. The molecule has 0 saturated carbocycles. The lowest BCUT2D eigenvalue weighted by Gasteiger charge is -2.31. The molecule has 3 N–H and O–H groups in total. The van der Waals surface area contributed by atoms with Gasteiger partial charge in [-0.2, -0.15) is 0 Å². The maximum atomic E-state index is 7.12. The van der Waals surface area contributed by atoms with Gasteiger partial charge in [-0.25, -0.2) is 15.0 Å². The second-order valence-corrected chi connectivity index (χ2v) is 16.4. The van der Waals surface area contributed by atoms with Crippen molar-refractivity contribution < 1.29 is 0 Å². The summed E-state index contributed by atoms with van der Waals surface area (Å²) >= 11 is 1.60. The molecule has 58 heavy (non-hydrogen) atoms. The maximum Gasteiger partial charge on any atom is 0.167 e. The van der Waals surface area contributed by atoms with Gasteiger partial charge in [-0.1, -0.05) is 140 Å². The first kappa shape index (κ1) is 33.1. The highest BCUT2D eigenvalue weighted by Crippen LogP contribution is 2.65. The Labute approximate surface area is 340 Å². The zero-order valence-corrected chi connectivity index (χ0v) is 32.5. The minimum Gasteiger partial charge on any atom is -0.390 e. The number of rotatable bonds is 5. The first-order chi connectivity index (χ1) is 28.6. The summed E-state index contributed by atoms with van der Waals surface area (Å²) in [6.45, 7) is 2.24. The Hall–Kier alpha value is -7.09. The van der Waals surface area contributed by atoms with Gasteiger partial charge in [-0.15, -0.1) is 11.3 Å².